The molecule has 0 amide bonds. The van der Waals surface area contributed by atoms with Crippen LogP contribution in [-0.4, -0.2) is 31.5 Å². The van der Waals surface area contributed by atoms with Gasteiger partial charge in [0.1, 0.15) is 24.7 Å². The molecule has 0 radical (unpaired) electrons. The summed E-state index contributed by atoms with van der Waals surface area (Å²) in [6, 6.07) is 1.98. The summed E-state index contributed by atoms with van der Waals surface area (Å²) >= 11 is 0.997. The van der Waals surface area contributed by atoms with Crippen molar-refractivity contribution in [1.82, 2.24) is 4.98 Å². The molecular formula is C19H24N4O4S2. The molecule has 0 saturated carbocycles. The number of carbonyl (C=O) groups excluding carboxylic acids is 1. The first-order chi connectivity index (χ1) is 13.6. The Morgan fingerprint density at radius 2 is 2.07 bits per heavy atom. The minimum absolute atomic E-state index is 0.107. The van der Waals surface area contributed by atoms with Gasteiger partial charge in [-0.05, 0) is 62.3 Å². The number of carbonyl (C=O) groups is 1. The lowest BCUT2D eigenvalue weighted by atomic mass is 9.98. The average Bonchev–Trinajstić information content (AvgIpc) is 3.33. The molecule has 1 heterocycles. The number of benzene rings is 1. The van der Waals surface area contributed by atoms with Crippen molar-refractivity contribution >= 4 is 32.7 Å². The number of fused-ring (bicyclic) bond motifs is 2. The number of nitrogens with two attached hydrogens (primary N) is 1. The molecule has 5 N–H and O–H groups in total. The van der Waals surface area contributed by atoms with Crippen molar-refractivity contribution in [3.8, 4) is 0 Å². The number of anilines is 1. The molecule has 0 aliphatic heterocycles. The summed E-state index contributed by atoms with van der Waals surface area (Å²) in [6.45, 7) is 3.14. The quantitative estimate of drug-likeness (QED) is 0.530. The van der Waals surface area contributed by atoms with Gasteiger partial charge in [-0.15, -0.1) is 11.3 Å². The van der Waals surface area contributed by atoms with E-state index in [1.165, 1.54) is 6.20 Å². The number of nitrogens with one attached hydrogen (secondary N) is 1. The van der Waals surface area contributed by atoms with Crippen LogP contribution in [0.1, 0.15) is 58.7 Å². The second-order valence-corrected chi connectivity index (χ2v) is 11.0. The molecule has 29 heavy (non-hydrogen) atoms. The number of Topliss-reactive ketones (excluding diaryl/α,β-unsaturated/α-hetero) is 1. The van der Waals surface area contributed by atoms with Crippen molar-refractivity contribution in [1.29, 1.82) is 0 Å². The fraction of sp³-hybridized carbons (Fsp3) is 0.474. The second-order valence-electron chi connectivity index (χ2n) is 7.93. The van der Waals surface area contributed by atoms with Crippen LogP contribution in [0.3, 0.4) is 0 Å². The number of aryl methyl sites for hydroxylation is 1. The van der Waals surface area contributed by atoms with Crippen molar-refractivity contribution in [3.63, 3.8) is 0 Å². The van der Waals surface area contributed by atoms with Gasteiger partial charge in [-0.3, -0.25) is 4.79 Å². The maximum absolute atomic E-state index is 12.9. The highest BCUT2D eigenvalue weighted by molar-refractivity contribution is 7.93. The smallest absolute Gasteiger partial charge is 0.233 e. The fourth-order valence-electron chi connectivity index (χ4n) is 3.88. The van der Waals surface area contributed by atoms with Crippen molar-refractivity contribution in [2.75, 3.05) is 5.32 Å². The normalized spacial score (nSPS) is 18.9. The van der Waals surface area contributed by atoms with Crippen LogP contribution < -0.4 is 10.5 Å². The maximum atomic E-state index is 12.9. The van der Waals surface area contributed by atoms with Gasteiger partial charge in [-0.2, -0.15) is 4.36 Å². The van der Waals surface area contributed by atoms with Gasteiger partial charge < -0.3 is 15.5 Å². The van der Waals surface area contributed by atoms with E-state index in [0.29, 0.717) is 29.1 Å². The van der Waals surface area contributed by atoms with Crippen LogP contribution in [0.4, 0.5) is 5.69 Å². The van der Waals surface area contributed by atoms with E-state index in [1.807, 2.05) is 6.07 Å². The van der Waals surface area contributed by atoms with Gasteiger partial charge in [0.15, 0.2) is 5.78 Å². The predicted octanol–water partition coefficient (Wildman–Crippen LogP) is 2.08. The minimum atomic E-state index is -3.42. The first-order valence-electron chi connectivity index (χ1n) is 9.44. The SMILES string of the molecule is CC(C)(O)c1ncc(S(N)(=O)=NC(O)Nc2c3c(cc4c2CCC4=O)CCC3)s1. The number of thiazole rings is 1. The zero-order valence-electron chi connectivity index (χ0n) is 16.3. The summed E-state index contributed by atoms with van der Waals surface area (Å²) in [5, 5.41) is 29.7. The summed E-state index contributed by atoms with van der Waals surface area (Å²) in [4.78, 5) is 16.3. The number of aliphatic hydroxyl groups excluding tert-OH is 1. The van der Waals surface area contributed by atoms with Crippen LogP contribution in [0, 0.1) is 0 Å². The highest BCUT2D eigenvalue weighted by Gasteiger charge is 2.29. The molecule has 1 aromatic heterocycles. The van der Waals surface area contributed by atoms with Gasteiger partial charge in [0.25, 0.3) is 0 Å². The Morgan fingerprint density at radius 1 is 1.31 bits per heavy atom. The van der Waals surface area contributed by atoms with Crippen molar-refractivity contribution in [2.45, 2.75) is 62.1 Å². The van der Waals surface area contributed by atoms with E-state index in [0.717, 1.165) is 47.3 Å². The van der Waals surface area contributed by atoms with Crippen molar-refractivity contribution < 1.29 is 19.2 Å². The Balaban J connectivity index is 1.66. The molecule has 2 atom stereocenters. The Morgan fingerprint density at radius 3 is 2.76 bits per heavy atom. The van der Waals surface area contributed by atoms with Crippen molar-refractivity contribution in [3.05, 3.63) is 39.5 Å². The van der Waals surface area contributed by atoms with E-state index in [4.69, 9.17) is 5.14 Å². The molecule has 2 aliphatic rings. The summed E-state index contributed by atoms with van der Waals surface area (Å²) in [7, 11) is -3.42. The third-order valence-electron chi connectivity index (χ3n) is 5.24. The average molecular weight is 437 g/mol. The summed E-state index contributed by atoms with van der Waals surface area (Å²) in [5.74, 6) is 0.107. The third-order valence-corrected chi connectivity index (χ3v) is 8.50. The van der Waals surface area contributed by atoms with Crippen LogP contribution in [-0.2, 0) is 34.8 Å². The van der Waals surface area contributed by atoms with Crippen LogP contribution in [0.5, 0.6) is 0 Å². The van der Waals surface area contributed by atoms with E-state index in [9.17, 15) is 19.2 Å². The number of aliphatic hydroxyl groups is 2. The molecule has 2 aliphatic carbocycles. The number of ketones is 1. The third kappa shape index (κ3) is 3.82. The molecule has 4 rings (SSSR count). The number of hydrogen-bond acceptors (Lipinski definition) is 8. The largest absolute Gasteiger partial charge is 0.383 e. The Hall–Kier alpha value is -1.85. The zero-order chi connectivity index (χ0) is 21.0. The highest BCUT2D eigenvalue weighted by Crippen LogP contribution is 2.39. The van der Waals surface area contributed by atoms with E-state index < -0.39 is 21.9 Å². The molecule has 1 aromatic carbocycles. The maximum Gasteiger partial charge on any atom is 0.233 e. The molecular weight excluding hydrogens is 412 g/mol. The van der Waals surface area contributed by atoms with Gasteiger partial charge in [-0.25, -0.2) is 14.3 Å². The lowest BCUT2D eigenvalue weighted by molar-refractivity contribution is 0.0782. The monoisotopic (exact) mass is 436 g/mol. The fourth-order valence-corrected chi connectivity index (χ4v) is 6.03. The van der Waals surface area contributed by atoms with Crippen LogP contribution in [0.15, 0.2) is 20.8 Å². The Labute approximate surface area is 173 Å². The van der Waals surface area contributed by atoms with E-state index in [-0.39, 0.29) is 9.99 Å². The molecule has 2 aromatic rings. The number of nitrogens with zero attached hydrogens (tertiary/aromatic N) is 2. The lowest BCUT2D eigenvalue weighted by Gasteiger charge is -2.18. The summed E-state index contributed by atoms with van der Waals surface area (Å²) in [5.41, 5.74) is 3.31. The van der Waals surface area contributed by atoms with Crippen LogP contribution >= 0.6 is 11.3 Å². The molecule has 2 unspecified atom stereocenters. The van der Waals surface area contributed by atoms with Crippen LogP contribution in [0.25, 0.3) is 0 Å². The number of hydrogen-bond donors (Lipinski definition) is 4. The lowest BCUT2D eigenvalue weighted by Crippen LogP contribution is -2.23. The molecule has 0 bridgehead atoms. The molecule has 8 nitrogen and oxygen atoms in total. The van der Waals surface area contributed by atoms with Crippen molar-refractivity contribution in [2.24, 2.45) is 9.50 Å². The minimum Gasteiger partial charge on any atom is -0.383 e. The van der Waals surface area contributed by atoms with E-state index >= 15 is 0 Å². The van der Waals surface area contributed by atoms with Gasteiger partial charge in [-0.1, -0.05) is 0 Å². The Bertz CT molecular complexity index is 1110. The number of aromatic nitrogens is 1. The molecule has 0 saturated heterocycles. The number of rotatable bonds is 5. The van der Waals surface area contributed by atoms with Gasteiger partial charge in [0, 0.05) is 17.7 Å². The van der Waals surface area contributed by atoms with Gasteiger partial charge >= 0.3 is 0 Å². The highest BCUT2D eigenvalue weighted by atomic mass is 32.2. The van der Waals surface area contributed by atoms with E-state index in [2.05, 4.69) is 14.7 Å². The van der Waals surface area contributed by atoms with E-state index in [1.54, 1.807) is 13.8 Å². The standard InChI is InChI=1S/C19H24N4O4S2/c1-19(2,26)17-21-9-15(28-17)29(20,27)23-18(25)22-16-11-5-3-4-10(11)8-13-12(16)6-7-14(13)24/h8-9,18,22,25-26H,3-7H2,1-2H3,(H2,20,23,27). The van der Waals surface area contributed by atoms with Gasteiger partial charge in [0.2, 0.25) is 6.35 Å². The summed E-state index contributed by atoms with van der Waals surface area (Å²) in [6.07, 6.45) is 3.61. The first kappa shape index (κ1) is 20.4. The molecule has 0 fully saturated rings. The summed E-state index contributed by atoms with van der Waals surface area (Å²) < 4.78 is 17.0. The molecule has 0 spiro atoms. The second kappa shape index (κ2) is 7.13. The Kier molecular flexibility index (Phi) is 5.02. The topological polar surface area (TPSA) is 138 Å². The van der Waals surface area contributed by atoms with Crippen LogP contribution in [0.2, 0.25) is 0 Å². The zero-order valence-corrected chi connectivity index (χ0v) is 17.9. The molecule has 10 heteroatoms. The first-order valence-corrected chi connectivity index (χ1v) is 11.8. The predicted molar refractivity (Wildman–Crippen MR) is 111 cm³/mol. The van der Waals surface area contributed by atoms with Gasteiger partial charge in [0.05, 0.1) is 6.20 Å². The molecule has 156 valence electrons.